The third kappa shape index (κ3) is 2.13. The number of carbonyl (C=O) groups is 1. The Labute approximate surface area is 64.6 Å². The van der Waals surface area contributed by atoms with Crippen LogP contribution >= 0.6 is 12.4 Å². The Hall–Kier alpha value is -0.320. The molecule has 1 rings (SSSR count). The fourth-order valence-corrected chi connectivity index (χ4v) is 0.918. The molecule has 0 aromatic heterocycles. The monoisotopic (exact) mass is 167 g/mol. The summed E-state index contributed by atoms with van der Waals surface area (Å²) in [7, 11) is 0. The van der Waals surface area contributed by atoms with Crippen LogP contribution in [0.25, 0.3) is 0 Å². The van der Waals surface area contributed by atoms with Gasteiger partial charge in [0.05, 0.1) is 0 Å². The fraction of sp³-hybridized carbons (Fsp3) is 0.800. The number of nitrogens with one attached hydrogen (secondary N) is 1. The Morgan fingerprint density at radius 3 is 2.30 bits per heavy atom. The fourth-order valence-electron chi connectivity index (χ4n) is 0.918. The van der Waals surface area contributed by atoms with Crippen LogP contribution in [-0.2, 0) is 4.79 Å². The zero-order valence-electron chi connectivity index (χ0n) is 5.28. The highest BCUT2D eigenvalue weighted by Gasteiger charge is 2.26. The van der Waals surface area contributed by atoms with E-state index in [1.165, 1.54) is 0 Å². The van der Waals surface area contributed by atoms with Crippen molar-refractivity contribution in [2.45, 2.75) is 25.1 Å². The average Bonchev–Trinajstić information content (AvgIpc) is 2.14. The summed E-state index contributed by atoms with van der Waals surface area (Å²) in [6, 6.07) is -0.542. The average molecular weight is 168 g/mol. The molecule has 4 nitrogen and oxygen atoms in total. The molecule has 1 aliphatic heterocycles. The predicted molar refractivity (Wildman–Crippen MR) is 37.0 cm³/mol. The topological polar surface area (TPSA) is 69.6 Å². The normalized spacial score (nSPS) is 31.3. The van der Waals surface area contributed by atoms with Crippen LogP contribution in [0.4, 0.5) is 0 Å². The second-order valence-electron chi connectivity index (χ2n) is 2.15. The van der Waals surface area contributed by atoms with Gasteiger partial charge in [0.1, 0.15) is 12.3 Å². The molecule has 3 N–H and O–H groups in total. The van der Waals surface area contributed by atoms with Gasteiger partial charge < -0.3 is 10.2 Å². The third-order valence-electron chi connectivity index (χ3n) is 1.42. The van der Waals surface area contributed by atoms with Crippen molar-refractivity contribution in [2.24, 2.45) is 0 Å². The molecule has 5 heteroatoms. The zero-order chi connectivity index (χ0) is 6.85. The summed E-state index contributed by atoms with van der Waals surface area (Å²) in [6.07, 6.45) is 0.444. The molecule has 10 heavy (non-hydrogen) atoms. The van der Waals surface area contributed by atoms with Crippen LogP contribution in [-0.4, -0.2) is 28.5 Å². The maximum Gasteiger partial charge on any atom is 0.320 e. The number of hydrogen-bond donors (Lipinski definition) is 3. The number of aliphatic hydroxyl groups excluding tert-OH is 1. The molecule has 0 bridgehead atoms. The third-order valence-corrected chi connectivity index (χ3v) is 1.42. The Kier molecular flexibility index (Phi) is 3.63. The molecule has 60 valence electrons. The maximum absolute atomic E-state index is 10.2. The summed E-state index contributed by atoms with van der Waals surface area (Å²) >= 11 is 0. The molecule has 0 aromatic rings. The van der Waals surface area contributed by atoms with E-state index in [0.29, 0.717) is 12.8 Å². The van der Waals surface area contributed by atoms with Gasteiger partial charge in [0.25, 0.3) is 0 Å². The highest BCUT2D eigenvalue weighted by atomic mass is 35.5. The quantitative estimate of drug-likeness (QED) is 0.496. The molecule has 1 heterocycles. The first-order valence-corrected chi connectivity index (χ1v) is 2.87. The van der Waals surface area contributed by atoms with Gasteiger partial charge in [-0.05, 0) is 12.8 Å². The van der Waals surface area contributed by atoms with Crippen molar-refractivity contribution < 1.29 is 15.0 Å². The number of aliphatic hydroxyl groups is 1. The lowest BCUT2D eigenvalue weighted by molar-refractivity contribution is -0.139. The summed E-state index contributed by atoms with van der Waals surface area (Å²) in [5.74, 6) is -0.883. The molecule has 1 saturated heterocycles. The van der Waals surface area contributed by atoms with Crippen molar-refractivity contribution in [3.63, 3.8) is 0 Å². The van der Waals surface area contributed by atoms with E-state index in [0.717, 1.165) is 0 Å². The molecule has 0 saturated carbocycles. The minimum Gasteiger partial charge on any atom is -0.480 e. The lowest BCUT2D eigenvalue weighted by Gasteiger charge is -2.03. The smallest absolute Gasteiger partial charge is 0.320 e. The molecule has 1 unspecified atom stereocenters. The SMILES string of the molecule is Cl.O=C(O)[C@@H]1CCC(O)N1. The molecule has 1 aliphatic rings. The van der Waals surface area contributed by atoms with Crippen molar-refractivity contribution in [2.75, 3.05) is 0 Å². The first-order valence-electron chi connectivity index (χ1n) is 2.87. The van der Waals surface area contributed by atoms with E-state index in [2.05, 4.69) is 5.32 Å². The van der Waals surface area contributed by atoms with E-state index in [4.69, 9.17) is 10.2 Å². The molecule has 1 fully saturated rings. The van der Waals surface area contributed by atoms with Crippen molar-refractivity contribution in [3.8, 4) is 0 Å². The van der Waals surface area contributed by atoms with Crippen LogP contribution in [0.3, 0.4) is 0 Å². The standard InChI is InChI=1S/C5H9NO3.ClH/c7-4-2-1-3(6-4)5(8)9;/h3-4,6-7H,1-2H2,(H,8,9);1H/t3-,4?;/m0./s1. The van der Waals surface area contributed by atoms with Crippen LogP contribution in [0.15, 0.2) is 0 Å². The Bertz CT molecular complexity index is 130. The van der Waals surface area contributed by atoms with E-state index in [-0.39, 0.29) is 12.4 Å². The number of carboxylic acid groups (broad SMARTS) is 1. The van der Waals surface area contributed by atoms with E-state index >= 15 is 0 Å². The molecular formula is C5H10ClNO3. The Morgan fingerprint density at radius 1 is 1.50 bits per heavy atom. The zero-order valence-corrected chi connectivity index (χ0v) is 6.10. The first kappa shape index (κ1) is 9.68. The lowest BCUT2D eigenvalue weighted by Crippen LogP contribution is -2.34. The van der Waals surface area contributed by atoms with E-state index < -0.39 is 18.2 Å². The van der Waals surface area contributed by atoms with Gasteiger partial charge in [-0.2, -0.15) is 0 Å². The minimum atomic E-state index is -0.883. The number of aliphatic carboxylic acids is 1. The molecule has 0 spiro atoms. The maximum atomic E-state index is 10.2. The number of halogens is 1. The van der Waals surface area contributed by atoms with Crippen LogP contribution < -0.4 is 5.32 Å². The van der Waals surface area contributed by atoms with Crippen molar-refractivity contribution in [3.05, 3.63) is 0 Å². The molecule has 0 aromatic carbocycles. The summed E-state index contributed by atoms with van der Waals surface area (Å²) in [4.78, 5) is 10.2. The van der Waals surface area contributed by atoms with Gasteiger partial charge in [-0.1, -0.05) is 0 Å². The highest BCUT2D eigenvalue weighted by molar-refractivity contribution is 5.85. The summed E-state index contributed by atoms with van der Waals surface area (Å²) in [6.45, 7) is 0. The second-order valence-corrected chi connectivity index (χ2v) is 2.15. The number of hydrogen-bond acceptors (Lipinski definition) is 3. The van der Waals surface area contributed by atoms with Crippen LogP contribution in [0.5, 0.6) is 0 Å². The number of rotatable bonds is 1. The van der Waals surface area contributed by atoms with Gasteiger partial charge >= 0.3 is 5.97 Å². The van der Waals surface area contributed by atoms with Crippen molar-refractivity contribution in [1.29, 1.82) is 0 Å². The molecular weight excluding hydrogens is 158 g/mol. The molecule has 0 aliphatic carbocycles. The molecule has 0 amide bonds. The van der Waals surface area contributed by atoms with Crippen LogP contribution in [0.1, 0.15) is 12.8 Å². The lowest BCUT2D eigenvalue weighted by atomic mass is 10.2. The van der Waals surface area contributed by atoms with Gasteiger partial charge in [0, 0.05) is 0 Å². The Morgan fingerprint density at radius 2 is 2.10 bits per heavy atom. The second kappa shape index (κ2) is 3.75. The van der Waals surface area contributed by atoms with Gasteiger partial charge in [-0.3, -0.25) is 10.1 Å². The van der Waals surface area contributed by atoms with Gasteiger partial charge in [0.2, 0.25) is 0 Å². The molecule has 0 radical (unpaired) electrons. The number of carboxylic acids is 1. The van der Waals surface area contributed by atoms with E-state index in [9.17, 15) is 4.79 Å². The molecule has 2 atom stereocenters. The van der Waals surface area contributed by atoms with Crippen LogP contribution in [0, 0.1) is 0 Å². The van der Waals surface area contributed by atoms with Crippen LogP contribution in [0.2, 0.25) is 0 Å². The highest BCUT2D eigenvalue weighted by Crippen LogP contribution is 2.09. The van der Waals surface area contributed by atoms with Gasteiger partial charge in [-0.15, -0.1) is 12.4 Å². The van der Waals surface area contributed by atoms with Crippen molar-refractivity contribution >= 4 is 18.4 Å². The predicted octanol–water partition coefficient (Wildman–Crippen LogP) is -0.437. The van der Waals surface area contributed by atoms with Crippen molar-refractivity contribution in [1.82, 2.24) is 5.32 Å². The summed E-state index contributed by atoms with van der Waals surface area (Å²) in [5.41, 5.74) is 0. The van der Waals surface area contributed by atoms with Gasteiger partial charge in [0.15, 0.2) is 0 Å². The first-order chi connectivity index (χ1) is 4.20. The van der Waals surface area contributed by atoms with E-state index in [1.54, 1.807) is 0 Å². The summed E-state index contributed by atoms with van der Waals surface area (Å²) in [5, 5.41) is 19.6. The van der Waals surface area contributed by atoms with E-state index in [1.807, 2.05) is 0 Å². The van der Waals surface area contributed by atoms with Gasteiger partial charge in [-0.25, -0.2) is 0 Å². The Balaban J connectivity index is 0.000000810. The minimum absolute atomic E-state index is 0. The summed E-state index contributed by atoms with van der Waals surface area (Å²) < 4.78 is 0. The largest absolute Gasteiger partial charge is 0.480 e.